The normalized spacial score (nSPS) is 21.0. The molecule has 0 heterocycles. The predicted octanol–water partition coefficient (Wildman–Crippen LogP) is 5.22. The van der Waals surface area contributed by atoms with Gasteiger partial charge < -0.3 is 5.32 Å². The van der Waals surface area contributed by atoms with Crippen LogP contribution in [0, 0.1) is 17.5 Å². The van der Waals surface area contributed by atoms with Crippen molar-refractivity contribution in [3.05, 3.63) is 63.9 Å². The van der Waals surface area contributed by atoms with Gasteiger partial charge in [0.05, 0.1) is 5.69 Å². The van der Waals surface area contributed by atoms with Crippen LogP contribution >= 0.6 is 15.9 Å². The molecule has 0 aromatic heterocycles. The fraction of sp³-hybridized carbons (Fsp3) is 0.250. The highest BCUT2D eigenvalue weighted by molar-refractivity contribution is 9.10. The summed E-state index contributed by atoms with van der Waals surface area (Å²) in [5.41, 5.74) is 1.38. The van der Waals surface area contributed by atoms with Crippen LogP contribution in [0.4, 0.5) is 18.9 Å². The van der Waals surface area contributed by atoms with Gasteiger partial charge in [0.1, 0.15) is 17.5 Å². The first-order valence-electron chi connectivity index (χ1n) is 6.69. The third-order valence-corrected chi connectivity index (χ3v) is 4.46. The summed E-state index contributed by atoms with van der Waals surface area (Å²) in [6.45, 7) is 0. The van der Waals surface area contributed by atoms with Gasteiger partial charge in [0.25, 0.3) is 0 Å². The molecule has 0 amide bonds. The summed E-state index contributed by atoms with van der Waals surface area (Å²) >= 11 is 3.16. The van der Waals surface area contributed by atoms with Gasteiger partial charge in [-0.3, -0.25) is 0 Å². The zero-order chi connectivity index (χ0) is 15.0. The number of hydrogen-bond donors (Lipinski definition) is 1. The van der Waals surface area contributed by atoms with Crippen LogP contribution in [-0.2, 0) is 0 Å². The maximum Gasteiger partial charge on any atom is 0.150 e. The molecule has 0 radical (unpaired) electrons. The van der Waals surface area contributed by atoms with E-state index in [1.165, 1.54) is 18.2 Å². The first kappa shape index (κ1) is 14.4. The molecule has 5 heteroatoms. The van der Waals surface area contributed by atoms with Crippen LogP contribution in [0.1, 0.15) is 24.3 Å². The quantitative estimate of drug-likeness (QED) is 0.795. The molecule has 110 valence electrons. The number of nitrogens with one attached hydrogen (secondary N) is 1. The van der Waals surface area contributed by atoms with Gasteiger partial charge in [-0.15, -0.1) is 0 Å². The van der Waals surface area contributed by atoms with Crippen molar-refractivity contribution in [2.75, 3.05) is 5.32 Å². The highest BCUT2D eigenvalue weighted by Gasteiger charge is 2.31. The molecule has 0 aliphatic heterocycles. The van der Waals surface area contributed by atoms with Crippen molar-refractivity contribution in [3.8, 4) is 0 Å². The van der Waals surface area contributed by atoms with Gasteiger partial charge in [-0.2, -0.15) is 0 Å². The Morgan fingerprint density at radius 2 is 1.62 bits per heavy atom. The van der Waals surface area contributed by atoms with E-state index < -0.39 is 11.6 Å². The van der Waals surface area contributed by atoms with Crippen LogP contribution < -0.4 is 5.32 Å². The monoisotopic (exact) mass is 355 g/mol. The van der Waals surface area contributed by atoms with Gasteiger partial charge in [-0.25, -0.2) is 13.2 Å². The van der Waals surface area contributed by atoms with E-state index in [2.05, 4.69) is 21.2 Å². The third kappa shape index (κ3) is 3.07. The Labute approximate surface area is 129 Å². The summed E-state index contributed by atoms with van der Waals surface area (Å²) in [5.74, 6) is -1.11. The minimum absolute atomic E-state index is 0.135. The molecule has 1 fully saturated rings. The molecule has 1 aliphatic carbocycles. The summed E-state index contributed by atoms with van der Waals surface area (Å²) in [6, 6.07) is 8.70. The topological polar surface area (TPSA) is 12.0 Å². The highest BCUT2D eigenvalue weighted by Crippen LogP contribution is 2.40. The van der Waals surface area contributed by atoms with Gasteiger partial charge in [-0.1, -0.05) is 12.1 Å². The summed E-state index contributed by atoms with van der Waals surface area (Å²) < 4.78 is 40.0. The van der Waals surface area contributed by atoms with Crippen molar-refractivity contribution in [1.82, 2.24) is 0 Å². The molecule has 0 saturated heterocycles. The van der Waals surface area contributed by atoms with Crippen molar-refractivity contribution in [2.24, 2.45) is 0 Å². The fourth-order valence-corrected chi connectivity index (χ4v) is 3.15. The molecule has 1 N–H and O–H groups in total. The third-order valence-electron chi connectivity index (χ3n) is 3.83. The lowest BCUT2D eigenvalue weighted by molar-refractivity contribution is 0.372. The molecule has 2 aromatic rings. The minimum Gasteiger partial charge on any atom is -0.379 e. The fourth-order valence-electron chi connectivity index (χ4n) is 2.63. The lowest BCUT2D eigenvalue weighted by Gasteiger charge is -2.37. The van der Waals surface area contributed by atoms with Gasteiger partial charge in [0.2, 0.25) is 0 Å². The number of benzene rings is 2. The standard InChI is InChI=1S/C16H13BrF3N/c17-14-7-12(19)8-15(20)16(14)21-13-5-10(6-13)9-1-3-11(18)4-2-9/h1-4,7-8,10,13,21H,5-6H2. The van der Waals surface area contributed by atoms with E-state index in [9.17, 15) is 13.2 Å². The number of halogens is 4. The van der Waals surface area contributed by atoms with Crippen molar-refractivity contribution >= 4 is 21.6 Å². The van der Waals surface area contributed by atoms with Crippen LogP contribution in [0.25, 0.3) is 0 Å². The Hall–Kier alpha value is -1.49. The summed E-state index contributed by atoms with van der Waals surface area (Å²) in [6.07, 6.45) is 1.68. The Morgan fingerprint density at radius 3 is 2.24 bits per heavy atom. The van der Waals surface area contributed by atoms with Crippen LogP contribution in [0.2, 0.25) is 0 Å². The van der Waals surface area contributed by atoms with Gasteiger partial charge in [-0.05, 0) is 58.5 Å². The van der Waals surface area contributed by atoms with Crippen LogP contribution in [0.5, 0.6) is 0 Å². The SMILES string of the molecule is Fc1ccc(C2CC(Nc3c(F)cc(F)cc3Br)C2)cc1. The maximum atomic E-state index is 13.7. The van der Waals surface area contributed by atoms with Crippen LogP contribution in [-0.4, -0.2) is 6.04 Å². The van der Waals surface area contributed by atoms with E-state index in [0.29, 0.717) is 16.1 Å². The zero-order valence-corrected chi connectivity index (χ0v) is 12.6. The van der Waals surface area contributed by atoms with Gasteiger partial charge >= 0.3 is 0 Å². The second-order valence-corrected chi connectivity index (χ2v) is 6.16. The molecule has 0 atom stereocenters. The Balaban J connectivity index is 1.64. The Morgan fingerprint density at radius 1 is 0.952 bits per heavy atom. The minimum atomic E-state index is -0.609. The lowest BCUT2D eigenvalue weighted by atomic mass is 9.76. The molecule has 2 aromatic carbocycles. The van der Waals surface area contributed by atoms with Crippen LogP contribution in [0.15, 0.2) is 40.9 Å². The summed E-state index contributed by atoms with van der Waals surface area (Å²) in [7, 11) is 0. The number of hydrogen-bond acceptors (Lipinski definition) is 1. The zero-order valence-electron chi connectivity index (χ0n) is 11.0. The molecular formula is C16H13BrF3N. The first-order valence-corrected chi connectivity index (χ1v) is 7.49. The largest absolute Gasteiger partial charge is 0.379 e. The molecule has 1 saturated carbocycles. The molecule has 1 aliphatic rings. The predicted molar refractivity (Wildman–Crippen MR) is 79.8 cm³/mol. The van der Waals surface area contributed by atoms with E-state index in [0.717, 1.165) is 24.5 Å². The Kier molecular flexibility index (Phi) is 3.93. The number of rotatable bonds is 3. The average Bonchev–Trinajstić information content (AvgIpc) is 2.37. The summed E-state index contributed by atoms with van der Waals surface area (Å²) in [5, 5.41) is 3.09. The maximum absolute atomic E-state index is 13.7. The van der Waals surface area contributed by atoms with Crippen molar-refractivity contribution < 1.29 is 13.2 Å². The molecule has 0 spiro atoms. The molecule has 0 unspecified atom stereocenters. The second kappa shape index (κ2) is 5.72. The van der Waals surface area contributed by atoms with Crippen LogP contribution in [0.3, 0.4) is 0 Å². The van der Waals surface area contributed by atoms with E-state index in [-0.39, 0.29) is 11.9 Å². The van der Waals surface area contributed by atoms with Crippen molar-refractivity contribution in [3.63, 3.8) is 0 Å². The van der Waals surface area contributed by atoms with E-state index in [4.69, 9.17) is 0 Å². The van der Waals surface area contributed by atoms with Gasteiger partial charge in [0, 0.05) is 16.6 Å². The average molecular weight is 356 g/mol. The molecule has 0 bridgehead atoms. The lowest BCUT2D eigenvalue weighted by Crippen LogP contribution is -2.34. The van der Waals surface area contributed by atoms with E-state index >= 15 is 0 Å². The first-order chi connectivity index (χ1) is 10.0. The van der Waals surface area contributed by atoms with Crippen molar-refractivity contribution in [2.45, 2.75) is 24.8 Å². The van der Waals surface area contributed by atoms with Gasteiger partial charge in [0.15, 0.2) is 0 Å². The molecule has 1 nitrogen and oxygen atoms in total. The van der Waals surface area contributed by atoms with Crippen molar-refractivity contribution in [1.29, 1.82) is 0 Å². The molecular weight excluding hydrogens is 343 g/mol. The highest BCUT2D eigenvalue weighted by atomic mass is 79.9. The van der Waals surface area contributed by atoms with E-state index in [1.807, 2.05) is 0 Å². The smallest absolute Gasteiger partial charge is 0.150 e. The number of anilines is 1. The Bertz CT molecular complexity index is 628. The second-order valence-electron chi connectivity index (χ2n) is 5.31. The molecule has 3 rings (SSSR count). The molecule has 21 heavy (non-hydrogen) atoms. The van der Waals surface area contributed by atoms with E-state index in [1.54, 1.807) is 12.1 Å². The summed E-state index contributed by atoms with van der Waals surface area (Å²) in [4.78, 5) is 0.